The lowest BCUT2D eigenvalue weighted by molar-refractivity contribution is 0.429. The Labute approximate surface area is 110 Å². The Morgan fingerprint density at radius 1 is 1.53 bits per heavy atom. The van der Waals surface area contributed by atoms with E-state index in [1.54, 1.807) is 6.07 Å². The first-order chi connectivity index (χ1) is 8.09. The molecule has 0 saturated heterocycles. The van der Waals surface area contributed by atoms with Crippen molar-refractivity contribution in [2.45, 2.75) is 0 Å². The summed E-state index contributed by atoms with van der Waals surface area (Å²) in [5.41, 5.74) is 0.154. The maximum atomic E-state index is 13.4. The van der Waals surface area contributed by atoms with E-state index in [2.05, 4.69) is 5.10 Å². The Bertz CT molecular complexity index is 615. The summed E-state index contributed by atoms with van der Waals surface area (Å²) >= 11 is 11.9. The number of thiazole rings is 1. The summed E-state index contributed by atoms with van der Waals surface area (Å²) in [6.07, 6.45) is 1.22. The Morgan fingerprint density at radius 3 is 2.88 bits per heavy atom. The molecule has 1 aromatic carbocycles. The van der Waals surface area contributed by atoms with Crippen molar-refractivity contribution in [3.05, 3.63) is 43.9 Å². The molecule has 0 spiro atoms. The number of rotatable bonds is 2. The topological polar surface area (TPSA) is 37.5 Å². The number of nitrogens with zero attached hydrogens (tertiary/aromatic N) is 2. The molecule has 0 aliphatic heterocycles. The Morgan fingerprint density at radius 2 is 2.29 bits per heavy atom. The zero-order valence-corrected chi connectivity index (χ0v) is 10.7. The highest BCUT2D eigenvalue weighted by Crippen LogP contribution is 2.19. The van der Waals surface area contributed by atoms with Crippen molar-refractivity contribution in [1.82, 2.24) is 4.68 Å². The van der Waals surface area contributed by atoms with Crippen LogP contribution in [0.3, 0.4) is 0 Å². The third-order valence-electron chi connectivity index (χ3n) is 1.96. The second kappa shape index (κ2) is 4.95. The molecule has 2 aromatic rings. The van der Waals surface area contributed by atoms with Gasteiger partial charge in [-0.25, -0.2) is 4.39 Å². The van der Waals surface area contributed by atoms with Gasteiger partial charge in [-0.1, -0.05) is 17.7 Å². The van der Waals surface area contributed by atoms with Gasteiger partial charge in [0.2, 0.25) is 5.88 Å². The molecule has 88 valence electrons. The van der Waals surface area contributed by atoms with Gasteiger partial charge >= 0.3 is 0 Å². The first kappa shape index (κ1) is 12.2. The largest absolute Gasteiger partial charge is 0.493 e. The summed E-state index contributed by atoms with van der Waals surface area (Å²) in [5.74, 6) is -0.578. The molecule has 2 rings (SSSR count). The summed E-state index contributed by atoms with van der Waals surface area (Å²) in [5, 5.41) is 15.0. The molecule has 0 amide bonds. The molecular weight excluding hydrogens is 283 g/mol. The summed E-state index contributed by atoms with van der Waals surface area (Å²) in [6, 6.07) is 4.33. The monoisotopic (exact) mass is 288 g/mol. The van der Waals surface area contributed by atoms with Crippen LogP contribution >= 0.6 is 35.2 Å². The molecule has 0 bridgehead atoms. The Balaban J connectivity index is 2.43. The van der Waals surface area contributed by atoms with E-state index < -0.39 is 5.82 Å². The SMILES string of the molecule is Oc1csc(=S)n1/N=C/c1c(F)cccc1Cl. The van der Waals surface area contributed by atoms with Crippen molar-refractivity contribution in [3.8, 4) is 5.88 Å². The fourth-order valence-electron chi connectivity index (χ4n) is 1.15. The van der Waals surface area contributed by atoms with Crippen molar-refractivity contribution in [3.63, 3.8) is 0 Å². The predicted octanol–water partition coefficient (Wildman–Crippen LogP) is 3.66. The van der Waals surface area contributed by atoms with E-state index in [0.29, 0.717) is 3.95 Å². The van der Waals surface area contributed by atoms with E-state index in [0.717, 1.165) is 16.0 Å². The highest BCUT2D eigenvalue weighted by molar-refractivity contribution is 7.73. The molecular formula is C10H6ClFN2OS2. The van der Waals surface area contributed by atoms with Crippen LogP contribution in [0.5, 0.6) is 5.88 Å². The van der Waals surface area contributed by atoms with Gasteiger partial charge in [-0.3, -0.25) is 0 Å². The third kappa shape index (κ3) is 2.54. The molecule has 0 saturated carbocycles. The van der Waals surface area contributed by atoms with Crippen LogP contribution in [0.2, 0.25) is 5.02 Å². The summed E-state index contributed by atoms with van der Waals surface area (Å²) < 4.78 is 14.9. The van der Waals surface area contributed by atoms with E-state index >= 15 is 0 Å². The van der Waals surface area contributed by atoms with Crippen molar-refractivity contribution >= 4 is 41.4 Å². The van der Waals surface area contributed by atoms with Crippen LogP contribution in [0, 0.1) is 9.77 Å². The number of aromatic hydroxyl groups is 1. The first-order valence-corrected chi connectivity index (χ1v) is 6.14. The van der Waals surface area contributed by atoms with Gasteiger partial charge in [-0.2, -0.15) is 9.78 Å². The zero-order valence-electron chi connectivity index (χ0n) is 8.30. The van der Waals surface area contributed by atoms with Crippen LogP contribution < -0.4 is 0 Å². The van der Waals surface area contributed by atoms with E-state index in [1.165, 1.54) is 23.7 Å². The molecule has 7 heteroatoms. The highest BCUT2D eigenvalue weighted by atomic mass is 35.5. The molecule has 0 atom stereocenters. The fourth-order valence-corrected chi connectivity index (χ4v) is 2.20. The molecule has 0 radical (unpaired) electrons. The second-order valence-corrected chi connectivity index (χ2v) is 4.96. The van der Waals surface area contributed by atoms with Gasteiger partial charge in [-0.05, 0) is 24.4 Å². The molecule has 0 unspecified atom stereocenters. The molecule has 1 N–H and O–H groups in total. The molecule has 17 heavy (non-hydrogen) atoms. The number of hydrogen-bond acceptors (Lipinski definition) is 4. The van der Waals surface area contributed by atoms with E-state index in [9.17, 15) is 9.50 Å². The lowest BCUT2D eigenvalue weighted by Gasteiger charge is -1.99. The highest BCUT2D eigenvalue weighted by Gasteiger charge is 2.05. The molecule has 0 aliphatic carbocycles. The summed E-state index contributed by atoms with van der Waals surface area (Å²) in [7, 11) is 0. The van der Waals surface area contributed by atoms with Crippen molar-refractivity contribution in [1.29, 1.82) is 0 Å². The van der Waals surface area contributed by atoms with Crippen LogP contribution in [0.25, 0.3) is 0 Å². The van der Waals surface area contributed by atoms with Crippen molar-refractivity contribution in [2.75, 3.05) is 0 Å². The lowest BCUT2D eigenvalue weighted by atomic mass is 10.2. The van der Waals surface area contributed by atoms with Gasteiger partial charge in [0.1, 0.15) is 5.82 Å². The molecule has 1 aromatic heterocycles. The fraction of sp³-hybridized carbons (Fsp3) is 0. The van der Waals surface area contributed by atoms with Crippen LogP contribution in [-0.4, -0.2) is 16.0 Å². The van der Waals surface area contributed by atoms with Crippen molar-refractivity contribution < 1.29 is 9.50 Å². The van der Waals surface area contributed by atoms with E-state index in [-0.39, 0.29) is 16.5 Å². The van der Waals surface area contributed by atoms with Crippen LogP contribution in [0.1, 0.15) is 5.56 Å². The molecule has 3 nitrogen and oxygen atoms in total. The van der Waals surface area contributed by atoms with Crippen LogP contribution in [-0.2, 0) is 0 Å². The van der Waals surface area contributed by atoms with Gasteiger partial charge in [0.25, 0.3) is 0 Å². The molecule has 1 heterocycles. The smallest absolute Gasteiger partial charge is 0.224 e. The minimum atomic E-state index is -0.484. The van der Waals surface area contributed by atoms with Crippen LogP contribution in [0.4, 0.5) is 4.39 Å². The average Bonchev–Trinajstić information content (AvgIpc) is 2.59. The third-order valence-corrected chi connectivity index (χ3v) is 3.45. The summed E-state index contributed by atoms with van der Waals surface area (Å²) in [6.45, 7) is 0. The van der Waals surface area contributed by atoms with Gasteiger partial charge in [0, 0.05) is 5.56 Å². The van der Waals surface area contributed by atoms with E-state index in [1.807, 2.05) is 0 Å². The van der Waals surface area contributed by atoms with Gasteiger partial charge in [0.05, 0.1) is 16.6 Å². The van der Waals surface area contributed by atoms with Crippen molar-refractivity contribution in [2.24, 2.45) is 5.10 Å². The minimum absolute atomic E-state index is 0.0938. The molecule has 0 aliphatic rings. The maximum Gasteiger partial charge on any atom is 0.224 e. The number of hydrogen-bond donors (Lipinski definition) is 1. The lowest BCUT2D eigenvalue weighted by Crippen LogP contribution is -1.93. The second-order valence-electron chi connectivity index (χ2n) is 3.05. The van der Waals surface area contributed by atoms with Gasteiger partial charge in [-0.15, -0.1) is 11.3 Å². The standard InChI is InChI=1S/C10H6ClFN2OS2/c11-7-2-1-3-8(12)6(7)4-13-14-9(15)5-17-10(14)16/h1-5,15H/b13-4+. The zero-order chi connectivity index (χ0) is 12.4. The summed E-state index contributed by atoms with van der Waals surface area (Å²) in [4.78, 5) is 0. The maximum absolute atomic E-state index is 13.4. The number of aromatic nitrogens is 1. The first-order valence-electron chi connectivity index (χ1n) is 4.47. The Kier molecular flexibility index (Phi) is 3.56. The molecule has 0 fully saturated rings. The van der Waals surface area contributed by atoms with E-state index in [4.69, 9.17) is 23.8 Å². The average molecular weight is 289 g/mol. The number of benzene rings is 1. The number of halogens is 2. The quantitative estimate of drug-likeness (QED) is 0.676. The van der Waals surface area contributed by atoms with Crippen LogP contribution in [0.15, 0.2) is 28.7 Å². The van der Waals surface area contributed by atoms with Gasteiger partial charge in [0.15, 0.2) is 3.95 Å². The normalized spacial score (nSPS) is 11.2. The minimum Gasteiger partial charge on any atom is -0.493 e. The predicted molar refractivity (Wildman–Crippen MR) is 69.2 cm³/mol. The Hall–Kier alpha value is -1.24. The van der Waals surface area contributed by atoms with Gasteiger partial charge < -0.3 is 5.11 Å².